The number of nitrogens with zero attached hydrogens (tertiary/aromatic N) is 1. The summed E-state index contributed by atoms with van der Waals surface area (Å²) >= 11 is 0. The molecular formula is C15H31NO3Si2. The van der Waals surface area contributed by atoms with Crippen LogP contribution in [-0.4, -0.2) is 40.6 Å². The Hall–Kier alpha value is 0.0138. The maximum Gasteiger partial charge on any atom is 0.241 e. The molecule has 2 saturated heterocycles. The van der Waals surface area contributed by atoms with Crippen LogP contribution in [-0.2, 0) is 13.8 Å². The van der Waals surface area contributed by atoms with E-state index >= 15 is 0 Å². The van der Waals surface area contributed by atoms with Crippen LogP contribution >= 0.6 is 0 Å². The van der Waals surface area contributed by atoms with Gasteiger partial charge in [0, 0.05) is 5.54 Å². The van der Waals surface area contributed by atoms with E-state index in [0.29, 0.717) is 5.54 Å². The molecule has 0 amide bonds. The average molecular weight is 330 g/mol. The molecule has 2 heterocycles. The first-order valence-corrected chi connectivity index (χ1v) is 14.2. The van der Waals surface area contributed by atoms with Crippen LogP contribution < -0.4 is 0 Å². The van der Waals surface area contributed by atoms with E-state index < -0.39 is 16.6 Å². The largest absolute Gasteiger partial charge is 0.412 e. The summed E-state index contributed by atoms with van der Waals surface area (Å²) in [6.45, 7) is 15.8. The molecule has 0 spiro atoms. The summed E-state index contributed by atoms with van der Waals surface area (Å²) in [5.74, 6) is 0. The predicted molar refractivity (Wildman–Crippen MR) is 90.6 cm³/mol. The highest BCUT2D eigenvalue weighted by Crippen LogP contribution is 2.46. The Bertz CT molecular complexity index is 376. The van der Waals surface area contributed by atoms with E-state index in [1.165, 1.54) is 19.3 Å². The van der Waals surface area contributed by atoms with Crippen LogP contribution in [0.3, 0.4) is 0 Å². The van der Waals surface area contributed by atoms with Crippen LogP contribution in [0.2, 0.25) is 31.7 Å². The van der Waals surface area contributed by atoms with Crippen LogP contribution in [0.25, 0.3) is 0 Å². The molecule has 0 aromatic rings. The minimum atomic E-state index is -1.89. The van der Waals surface area contributed by atoms with Gasteiger partial charge in [0.25, 0.3) is 0 Å². The SMILES string of the molecule is C=C[Si](C)(C)ON1OC[C@@H]2[C@H]1[C@@H](CCCCC)O[Si]2(C)C. The molecule has 0 aromatic heterocycles. The molecule has 0 saturated carbocycles. The predicted octanol–water partition coefficient (Wildman–Crippen LogP) is 4.02. The Morgan fingerprint density at radius 1 is 1.38 bits per heavy atom. The van der Waals surface area contributed by atoms with Crippen molar-refractivity contribution in [1.29, 1.82) is 0 Å². The van der Waals surface area contributed by atoms with E-state index in [0.717, 1.165) is 13.0 Å². The number of hydroxylamine groups is 2. The fourth-order valence-electron chi connectivity index (χ4n) is 3.22. The Morgan fingerprint density at radius 2 is 2.10 bits per heavy atom. The second-order valence-electron chi connectivity index (χ2n) is 7.33. The van der Waals surface area contributed by atoms with Gasteiger partial charge < -0.3 is 8.95 Å². The fourth-order valence-corrected chi connectivity index (χ4v) is 6.78. The minimum Gasteiger partial charge on any atom is -0.412 e. The number of rotatable bonds is 7. The van der Waals surface area contributed by atoms with Gasteiger partial charge in [-0.1, -0.05) is 37.1 Å². The average Bonchev–Trinajstić information content (AvgIpc) is 2.91. The van der Waals surface area contributed by atoms with E-state index in [9.17, 15) is 0 Å². The molecule has 0 N–H and O–H groups in total. The van der Waals surface area contributed by atoms with Crippen LogP contribution in [0.1, 0.15) is 32.6 Å². The van der Waals surface area contributed by atoms with E-state index in [4.69, 9.17) is 13.8 Å². The third-order valence-electron chi connectivity index (χ3n) is 4.68. The smallest absolute Gasteiger partial charge is 0.241 e. The van der Waals surface area contributed by atoms with Gasteiger partial charge in [-0.15, -0.1) is 6.58 Å². The number of fused-ring (bicyclic) bond motifs is 1. The van der Waals surface area contributed by atoms with Crippen molar-refractivity contribution in [1.82, 2.24) is 5.23 Å². The van der Waals surface area contributed by atoms with E-state index in [-0.39, 0.29) is 12.1 Å². The molecule has 6 heteroatoms. The highest BCUT2D eigenvalue weighted by atomic mass is 28.4. The maximum atomic E-state index is 6.47. The molecule has 21 heavy (non-hydrogen) atoms. The molecule has 0 bridgehead atoms. The molecule has 0 unspecified atom stereocenters. The Balaban J connectivity index is 2.07. The first kappa shape index (κ1) is 17.4. The van der Waals surface area contributed by atoms with Crippen LogP contribution in [0.15, 0.2) is 12.3 Å². The van der Waals surface area contributed by atoms with E-state index in [2.05, 4.69) is 39.7 Å². The summed E-state index contributed by atoms with van der Waals surface area (Å²) in [5, 5.41) is 1.79. The van der Waals surface area contributed by atoms with Gasteiger partial charge in [-0.25, -0.2) is 0 Å². The van der Waals surface area contributed by atoms with Gasteiger partial charge in [-0.05, 0) is 32.6 Å². The van der Waals surface area contributed by atoms with E-state index in [1.807, 2.05) is 5.70 Å². The fraction of sp³-hybridized carbons (Fsp3) is 0.867. The zero-order chi connectivity index (χ0) is 15.7. The highest BCUT2D eigenvalue weighted by Gasteiger charge is 2.58. The van der Waals surface area contributed by atoms with Gasteiger partial charge in [-0.2, -0.15) is 0 Å². The van der Waals surface area contributed by atoms with Gasteiger partial charge in [0.15, 0.2) is 8.32 Å². The molecule has 0 aromatic carbocycles. The number of hydrogen-bond donors (Lipinski definition) is 0. The van der Waals surface area contributed by atoms with Crippen molar-refractivity contribution in [2.24, 2.45) is 0 Å². The topological polar surface area (TPSA) is 30.9 Å². The summed E-state index contributed by atoms with van der Waals surface area (Å²) < 4.78 is 12.6. The third kappa shape index (κ3) is 3.86. The standard InChI is InChI=1S/C15H31NO3Si2/c1-7-9-10-11-13-15-14(21(5,6)18-13)12-17-16(15)19-20(3,4)8-2/h8,13-15H,2,7,9-12H2,1,3-6H3/t13-,14-,15-/m1/s1. The first-order chi connectivity index (χ1) is 9.80. The lowest BCUT2D eigenvalue weighted by atomic mass is 10.0. The Labute approximate surface area is 131 Å². The Morgan fingerprint density at radius 3 is 2.71 bits per heavy atom. The minimum absolute atomic E-state index is 0.264. The molecule has 4 nitrogen and oxygen atoms in total. The molecule has 2 aliphatic rings. The molecule has 2 aliphatic heterocycles. The number of unbranched alkanes of at least 4 members (excludes halogenated alkanes) is 2. The van der Waals surface area contributed by atoms with Crippen molar-refractivity contribution in [3.05, 3.63) is 12.3 Å². The lowest BCUT2D eigenvalue weighted by molar-refractivity contribution is -0.317. The second kappa shape index (κ2) is 6.64. The summed E-state index contributed by atoms with van der Waals surface area (Å²) in [4.78, 5) is 5.88. The monoisotopic (exact) mass is 329 g/mol. The number of hydrogen-bond acceptors (Lipinski definition) is 4. The summed E-state index contributed by atoms with van der Waals surface area (Å²) in [7, 11) is -3.57. The van der Waals surface area contributed by atoms with Crippen LogP contribution in [0, 0.1) is 0 Å². The summed E-state index contributed by atoms with van der Waals surface area (Å²) in [5.41, 5.74) is 2.47. The molecule has 0 aliphatic carbocycles. The molecule has 0 radical (unpaired) electrons. The molecule has 122 valence electrons. The molecule has 3 atom stereocenters. The van der Waals surface area contributed by atoms with Gasteiger partial charge in [-0.3, -0.25) is 4.84 Å². The molecule has 2 rings (SSSR count). The molecular weight excluding hydrogens is 298 g/mol. The van der Waals surface area contributed by atoms with Gasteiger partial charge in [0.1, 0.15) is 0 Å². The molecule has 2 fully saturated rings. The highest BCUT2D eigenvalue weighted by molar-refractivity contribution is 6.76. The van der Waals surface area contributed by atoms with Gasteiger partial charge >= 0.3 is 0 Å². The zero-order valence-corrected chi connectivity index (χ0v) is 16.2. The normalized spacial score (nSPS) is 32.3. The first-order valence-electron chi connectivity index (χ1n) is 8.23. The van der Waals surface area contributed by atoms with E-state index in [1.54, 1.807) is 5.23 Å². The summed E-state index contributed by atoms with van der Waals surface area (Å²) in [6.07, 6.45) is 5.12. The Kier molecular flexibility index (Phi) is 5.49. The van der Waals surface area contributed by atoms with Gasteiger partial charge in [0.05, 0.1) is 18.8 Å². The third-order valence-corrected chi connectivity index (χ3v) is 9.51. The maximum absolute atomic E-state index is 6.47. The van der Waals surface area contributed by atoms with Crippen molar-refractivity contribution >= 4 is 16.6 Å². The van der Waals surface area contributed by atoms with Crippen molar-refractivity contribution in [2.45, 2.75) is 76.5 Å². The quantitative estimate of drug-likeness (QED) is 0.521. The van der Waals surface area contributed by atoms with Crippen LogP contribution in [0.5, 0.6) is 0 Å². The van der Waals surface area contributed by atoms with Crippen molar-refractivity contribution < 1.29 is 13.8 Å². The van der Waals surface area contributed by atoms with Crippen molar-refractivity contribution in [3.63, 3.8) is 0 Å². The van der Waals surface area contributed by atoms with Crippen molar-refractivity contribution in [2.75, 3.05) is 6.61 Å². The summed E-state index contributed by atoms with van der Waals surface area (Å²) in [6, 6.07) is 0.273. The van der Waals surface area contributed by atoms with Gasteiger partial charge in [0.2, 0.25) is 8.32 Å². The lowest BCUT2D eigenvalue weighted by Gasteiger charge is -2.31. The lowest BCUT2D eigenvalue weighted by Crippen LogP contribution is -2.44. The second-order valence-corrected chi connectivity index (χ2v) is 15.3. The zero-order valence-electron chi connectivity index (χ0n) is 14.2. The van der Waals surface area contributed by atoms with Crippen molar-refractivity contribution in [3.8, 4) is 0 Å². The van der Waals surface area contributed by atoms with Crippen LogP contribution in [0.4, 0.5) is 0 Å².